The molecule has 0 spiro atoms. The Morgan fingerprint density at radius 3 is 2.65 bits per heavy atom. The van der Waals surface area contributed by atoms with Gasteiger partial charge in [-0.15, -0.1) is 10.2 Å². The minimum atomic E-state index is -0.337. The molecule has 1 aromatic rings. The second-order valence-corrected chi connectivity index (χ2v) is 7.23. The Kier molecular flexibility index (Phi) is 4.33. The summed E-state index contributed by atoms with van der Waals surface area (Å²) >= 11 is 1.64. The van der Waals surface area contributed by atoms with E-state index in [4.69, 9.17) is 0 Å². The van der Waals surface area contributed by atoms with E-state index in [-0.39, 0.29) is 6.10 Å². The molecule has 0 aliphatic heterocycles. The van der Waals surface area contributed by atoms with E-state index in [1.54, 1.807) is 11.8 Å². The number of aromatic nitrogens is 3. The zero-order chi connectivity index (χ0) is 14.1. The first kappa shape index (κ1) is 14.4. The highest BCUT2D eigenvalue weighted by Gasteiger charge is 2.36. The van der Waals surface area contributed by atoms with Crippen LogP contribution in [0.15, 0.2) is 5.16 Å². The molecule has 0 radical (unpaired) electrons. The molecule has 0 bridgehead atoms. The van der Waals surface area contributed by atoms with Gasteiger partial charge in [-0.05, 0) is 25.7 Å². The summed E-state index contributed by atoms with van der Waals surface area (Å²) in [7, 11) is 0. The van der Waals surface area contributed by atoms with Crippen LogP contribution in [0.2, 0.25) is 0 Å². The molecule has 1 atom stereocenters. The van der Waals surface area contributed by atoms with Gasteiger partial charge in [-0.1, -0.05) is 25.6 Å². The lowest BCUT2D eigenvalue weighted by Crippen LogP contribution is -2.33. The van der Waals surface area contributed by atoms with Gasteiger partial charge in [0.25, 0.3) is 0 Å². The van der Waals surface area contributed by atoms with Crippen molar-refractivity contribution in [2.75, 3.05) is 12.3 Å². The summed E-state index contributed by atoms with van der Waals surface area (Å²) in [6.07, 6.45) is 4.69. The van der Waals surface area contributed by atoms with Gasteiger partial charge >= 0.3 is 0 Å². The van der Waals surface area contributed by atoms with Crippen LogP contribution in [0.5, 0.6) is 0 Å². The molecule has 5 nitrogen and oxygen atoms in total. The van der Waals surface area contributed by atoms with Crippen molar-refractivity contribution in [3.8, 4) is 0 Å². The molecule has 0 amide bonds. The van der Waals surface area contributed by atoms with E-state index in [0.29, 0.717) is 30.3 Å². The zero-order valence-corrected chi connectivity index (χ0v) is 13.1. The summed E-state index contributed by atoms with van der Waals surface area (Å²) < 4.78 is 2.34. The van der Waals surface area contributed by atoms with Crippen molar-refractivity contribution in [2.45, 2.75) is 68.8 Å². The van der Waals surface area contributed by atoms with Gasteiger partial charge in [0.15, 0.2) is 5.16 Å². The maximum Gasteiger partial charge on any atom is 0.191 e. The molecular weight excluding hydrogens is 272 g/mol. The fourth-order valence-corrected chi connectivity index (χ4v) is 3.22. The summed E-state index contributed by atoms with van der Waals surface area (Å²) in [5.41, 5.74) is 0. The van der Waals surface area contributed by atoms with E-state index in [0.717, 1.165) is 5.16 Å². The third kappa shape index (κ3) is 3.54. The SMILES string of the molecule is CC(C)NCC(O)CSc1nnc(C2CC2)n1C1CC1. The van der Waals surface area contributed by atoms with Crippen LogP contribution in [0, 0.1) is 0 Å². The Morgan fingerprint density at radius 2 is 2.05 bits per heavy atom. The minimum Gasteiger partial charge on any atom is -0.391 e. The fourth-order valence-electron chi connectivity index (χ4n) is 2.28. The molecule has 1 heterocycles. The lowest BCUT2D eigenvalue weighted by Gasteiger charge is -2.14. The molecule has 1 unspecified atom stereocenters. The molecule has 2 aliphatic carbocycles. The first-order valence-electron chi connectivity index (χ1n) is 7.64. The topological polar surface area (TPSA) is 63.0 Å². The van der Waals surface area contributed by atoms with Crippen molar-refractivity contribution in [2.24, 2.45) is 0 Å². The molecule has 6 heteroatoms. The summed E-state index contributed by atoms with van der Waals surface area (Å²) in [5, 5.41) is 23.0. The summed E-state index contributed by atoms with van der Waals surface area (Å²) in [6, 6.07) is 1.03. The van der Waals surface area contributed by atoms with E-state index in [1.165, 1.54) is 31.5 Å². The second-order valence-electron chi connectivity index (χ2n) is 6.24. The molecule has 0 saturated heterocycles. The van der Waals surface area contributed by atoms with Gasteiger partial charge in [0.2, 0.25) is 0 Å². The summed E-state index contributed by atoms with van der Waals surface area (Å²) in [5.74, 6) is 2.50. The summed E-state index contributed by atoms with van der Waals surface area (Å²) in [6.45, 7) is 4.81. The Labute approximate surface area is 124 Å². The van der Waals surface area contributed by atoms with Gasteiger partial charge in [0, 0.05) is 30.3 Å². The highest BCUT2D eigenvalue weighted by molar-refractivity contribution is 7.99. The highest BCUT2D eigenvalue weighted by Crippen LogP contribution is 2.45. The third-order valence-electron chi connectivity index (χ3n) is 3.71. The molecule has 1 aromatic heterocycles. The Hall–Kier alpha value is -0.590. The van der Waals surface area contributed by atoms with Crippen molar-refractivity contribution in [3.63, 3.8) is 0 Å². The molecule has 2 aliphatic rings. The van der Waals surface area contributed by atoms with Crippen LogP contribution in [0.1, 0.15) is 57.3 Å². The highest BCUT2D eigenvalue weighted by atomic mass is 32.2. The van der Waals surface area contributed by atoms with E-state index in [9.17, 15) is 5.11 Å². The van der Waals surface area contributed by atoms with Gasteiger partial charge in [-0.3, -0.25) is 0 Å². The number of aliphatic hydroxyl groups is 1. The quantitative estimate of drug-likeness (QED) is 0.718. The molecule has 2 saturated carbocycles. The maximum absolute atomic E-state index is 9.99. The Morgan fingerprint density at radius 1 is 1.30 bits per heavy atom. The van der Waals surface area contributed by atoms with Crippen molar-refractivity contribution in [1.82, 2.24) is 20.1 Å². The van der Waals surface area contributed by atoms with Gasteiger partial charge in [0.05, 0.1) is 6.10 Å². The van der Waals surface area contributed by atoms with Crippen LogP contribution < -0.4 is 5.32 Å². The normalized spacial score (nSPS) is 20.6. The Bertz CT molecular complexity index is 454. The first-order valence-corrected chi connectivity index (χ1v) is 8.62. The largest absolute Gasteiger partial charge is 0.391 e. The number of hydrogen-bond donors (Lipinski definition) is 2. The lowest BCUT2D eigenvalue weighted by molar-refractivity contribution is 0.192. The molecule has 3 rings (SSSR count). The predicted octanol–water partition coefficient (Wildman–Crippen LogP) is 1.94. The van der Waals surface area contributed by atoms with Crippen molar-refractivity contribution < 1.29 is 5.11 Å². The summed E-state index contributed by atoms with van der Waals surface area (Å²) in [4.78, 5) is 0. The van der Waals surface area contributed by atoms with Crippen LogP contribution in [0.25, 0.3) is 0 Å². The van der Waals surface area contributed by atoms with Crippen LogP contribution in [0.3, 0.4) is 0 Å². The number of aliphatic hydroxyl groups excluding tert-OH is 1. The van der Waals surface area contributed by atoms with Crippen LogP contribution in [-0.4, -0.2) is 44.3 Å². The average Bonchev–Trinajstić information content (AvgIpc) is 3.32. The number of rotatable bonds is 8. The molecule has 112 valence electrons. The van der Waals surface area contributed by atoms with E-state index in [1.807, 2.05) is 0 Å². The van der Waals surface area contributed by atoms with Crippen molar-refractivity contribution >= 4 is 11.8 Å². The van der Waals surface area contributed by atoms with Crippen LogP contribution in [-0.2, 0) is 0 Å². The Balaban J connectivity index is 1.57. The van der Waals surface area contributed by atoms with E-state index >= 15 is 0 Å². The standard InChI is InChI=1S/C14H24N4OS/c1-9(2)15-7-12(19)8-20-14-17-16-13(10-3-4-10)18(14)11-5-6-11/h9-12,15,19H,3-8H2,1-2H3. The van der Waals surface area contributed by atoms with Crippen molar-refractivity contribution in [3.05, 3.63) is 5.82 Å². The van der Waals surface area contributed by atoms with Crippen LogP contribution in [0.4, 0.5) is 0 Å². The van der Waals surface area contributed by atoms with Gasteiger partial charge in [-0.25, -0.2) is 0 Å². The van der Waals surface area contributed by atoms with Crippen LogP contribution >= 0.6 is 11.8 Å². The molecule has 2 fully saturated rings. The number of nitrogens with zero attached hydrogens (tertiary/aromatic N) is 3. The molecule has 2 N–H and O–H groups in total. The van der Waals surface area contributed by atoms with E-state index in [2.05, 4.69) is 33.9 Å². The number of nitrogens with one attached hydrogen (secondary N) is 1. The minimum absolute atomic E-state index is 0.337. The average molecular weight is 296 g/mol. The first-order chi connectivity index (χ1) is 9.65. The number of thioether (sulfide) groups is 1. The van der Waals surface area contributed by atoms with Gasteiger partial charge in [0.1, 0.15) is 5.82 Å². The smallest absolute Gasteiger partial charge is 0.191 e. The van der Waals surface area contributed by atoms with Crippen molar-refractivity contribution in [1.29, 1.82) is 0 Å². The predicted molar refractivity (Wildman–Crippen MR) is 80.1 cm³/mol. The van der Waals surface area contributed by atoms with Gasteiger partial charge < -0.3 is 15.0 Å². The van der Waals surface area contributed by atoms with E-state index < -0.39 is 0 Å². The zero-order valence-electron chi connectivity index (χ0n) is 12.2. The second kappa shape index (κ2) is 6.03. The lowest BCUT2D eigenvalue weighted by atomic mass is 10.3. The number of hydrogen-bond acceptors (Lipinski definition) is 5. The molecule has 0 aromatic carbocycles. The fraction of sp³-hybridized carbons (Fsp3) is 0.857. The monoisotopic (exact) mass is 296 g/mol. The maximum atomic E-state index is 9.99. The van der Waals surface area contributed by atoms with Gasteiger partial charge in [-0.2, -0.15) is 0 Å². The molecular formula is C14H24N4OS. The third-order valence-corrected chi connectivity index (χ3v) is 4.80. The molecule has 20 heavy (non-hydrogen) atoms.